The van der Waals surface area contributed by atoms with Crippen LogP contribution < -0.4 is 10.2 Å². The molecule has 6 heteroatoms. The van der Waals surface area contributed by atoms with Gasteiger partial charge >= 0.3 is 0 Å². The number of hydrogen-bond acceptors (Lipinski definition) is 5. The van der Waals surface area contributed by atoms with Crippen molar-refractivity contribution in [3.8, 4) is 5.75 Å². The number of furan rings is 1. The van der Waals surface area contributed by atoms with Gasteiger partial charge in [-0.15, -0.1) is 0 Å². The van der Waals surface area contributed by atoms with Crippen molar-refractivity contribution in [3.63, 3.8) is 0 Å². The molecule has 1 amide bonds. The molecule has 0 aliphatic carbocycles. The van der Waals surface area contributed by atoms with E-state index in [-0.39, 0.29) is 23.6 Å². The van der Waals surface area contributed by atoms with Crippen LogP contribution in [0.15, 0.2) is 80.6 Å². The maximum atomic E-state index is 13.5. The first-order valence-electron chi connectivity index (χ1n) is 9.79. The summed E-state index contributed by atoms with van der Waals surface area (Å²) >= 11 is 0. The number of nitrogens with zero attached hydrogens (tertiary/aromatic N) is 1. The van der Waals surface area contributed by atoms with Gasteiger partial charge in [0.25, 0.3) is 5.91 Å². The van der Waals surface area contributed by atoms with E-state index in [1.54, 1.807) is 41.5 Å². The third kappa shape index (κ3) is 2.88. The van der Waals surface area contributed by atoms with Crippen LogP contribution in [-0.4, -0.2) is 17.4 Å². The number of ether oxygens (including phenoxy) is 1. The van der Waals surface area contributed by atoms with Crippen molar-refractivity contribution in [1.29, 1.82) is 0 Å². The van der Waals surface area contributed by atoms with E-state index in [2.05, 4.69) is 0 Å². The summed E-state index contributed by atoms with van der Waals surface area (Å²) in [6.45, 7) is 2.60. The van der Waals surface area contributed by atoms with Gasteiger partial charge in [-0.05, 0) is 36.8 Å². The molecule has 0 saturated heterocycles. The fourth-order valence-electron chi connectivity index (χ4n) is 3.97. The lowest BCUT2D eigenvalue weighted by molar-refractivity contribution is 0.0701. The van der Waals surface area contributed by atoms with Gasteiger partial charge in [-0.1, -0.05) is 30.3 Å². The highest BCUT2D eigenvalue weighted by Gasteiger charge is 2.43. The number of carbonyl (C=O) groups is 1. The van der Waals surface area contributed by atoms with Gasteiger partial charge in [-0.25, -0.2) is 0 Å². The number of hydrogen-bond donors (Lipinski definition) is 0. The second-order valence-electron chi connectivity index (χ2n) is 7.09. The largest absolute Gasteiger partial charge is 0.494 e. The molecule has 0 N–H and O–H groups in total. The summed E-state index contributed by atoms with van der Waals surface area (Å²) in [4.78, 5) is 28.4. The van der Waals surface area contributed by atoms with Crippen LogP contribution in [0.4, 0.5) is 0 Å². The Kier molecular flexibility index (Phi) is 4.39. The SMILES string of the molecule is CCOc1ccc2c(=O)c3c(oc2c1)C(=O)N(Cc1ccco1)[C@H]3c1ccccc1. The Morgan fingerprint density at radius 3 is 2.60 bits per heavy atom. The number of fused-ring (bicyclic) bond motifs is 2. The third-order valence-corrected chi connectivity index (χ3v) is 5.27. The van der Waals surface area contributed by atoms with Gasteiger partial charge in [0.05, 0.1) is 36.4 Å². The van der Waals surface area contributed by atoms with E-state index >= 15 is 0 Å². The maximum absolute atomic E-state index is 13.5. The smallest absolute Gasteiger partial charge is 0.291 e. The Morgan fingerprint density at radius 1 is 1.03 bits per heavy atom. The Bertz CT molecular complexity index is 1270. The summed E-state index contributed by atoms with van der Waals surface area (Å²) in [5, 5.41) is 0.422. The lowest BCUT2D eigenvalue weighted by Gasteiger charge is -2.24. The van der Waals surface area contributed by atoms with E-state index in [4.69, 9.17) is 13.6 Å². The van der Waals surface area contributed by atoms with E-state index in [1.165, 1.54) is 0 Å². The van der Waals surface area contributed by atoms with E-state index < -0.39 is 6.04 Å². The minimum Gasteiger partial charge on any atom is -0.494 e. The molecule has 2 aromatic carbocycles. The Balaban J connectivity index is 1.71. The zero-order valence-electron chi connectivity index (χ0n) is 16.3. The molecule has 2 aromatic heterocycles. The topological polar surface area (TPSA) is 72.9 Å². The molecule has 1 aliphatic heterocycles. The van der Waals surface area contributed by atoms with Crippen LogP contribution in [0.3, 0.4) is 0 Å². The molecule has 0 unspecified atom stereocenters. The second kappa shape index (κ2) is 7.22. The summed E-state index contributed by atoms with van der Waals surface area (Å²) in [6, 6.07) is 17.6. The number of benzene rings is 2. The molecule has 30 heavy (non-hydrogen) atoms. The molecule has 5 rings (SSSR count). The van der Waals surface area contributed by atoms with Crippen molar-refractivity contribution in [2.24, 2.45) is 0 Å². The molecule has 1 atom stereocenters. The Labute approximate surface area is 172 Å². The first-order chi connectivity index (χ1) is 14.7. The minimum absolute atomic E-state index is 0.0709. The highest BCUT2D eigenvalue weighted by molar-refractivity contribution is 5.99. The van der Waals surface area contributed by atoms with Crippen molar-refractivity contribution >= 4 is 16.9 Å². The summed E-state index contributed by atoms with van der Waals surface area (Å²) < 4.78 is 17.0. The van der Waals surface area contributed by atoms with E-state index in [0.717, 1.165) is 5.56 Å². The van der Waals surface area contributed by atoms with Gasteiger partial charge in [-0.3, -0.25) is 9.59 Å². The van der Waals surface area contributed by atoms with Crippen LogP contribution in [0.2, 0.25) is 0 Å². The number of carbonyl (C=O) groups excluding carboxylic acids is 1. The van der Waals surface area contributed by atoms with Crippen LogP contribution in [0.25, 0.3) is 11.0 Å². The fourth-order valence-corrected chi connectivity index (χ4v) is 3.97. The maximum Gasteiger partial charge on any atom is 0.291 e. The highest BCUT2D eigenvalue weighted by Crippen LogP contribution is 2.39. The standard InChI is InChI=1S/C24H19NO5/c1-2-28-16-10-11-18-19(13-16)30-23-20(22(18)26)21(15-7-4-3-5-8-15)25(24(23)27)14-17-9-6-12-29-17/h3-13,21H,2,14H2,1H3/t21-/m0/s1. The van der Waals surface area contributed by atoms with E-state index in [9.17, 15) is 9.59 Å². The van der Waals surface area contributed by atoms with Crippen molar-refractivity contribution in [3.05, 3.63) is 99.8 Å². The summed E-state index contributed by atoms with van der Waals surface area (Å²) in [5.41, 5.74) is 1.33. The third-order valence-electron chi connectivity index (χ3n) is 5.27. The first kappa shape index (κ1) is 18.2. The van der Waals surface area contributed by atoms with E-state index in [1.807, 2.05) is 37.3 Å². The molecule has 0 spiro atoms. The molecule has 1 aliphatic rings. The summed E-state index contributed by atoms with van der Waals surface area (Å²) in [7, 11) is 0. The van der Waals surface area contributed by atoms with Crippen molar-refractivity contribution in [2.45, 2.75) is 19.5 Å². The van der Waals surface area contributed by atoms with Crippen LogP contribution >= 0.6 is 0 Å². The van der Waals surface area contributed by atoms with Crippen LogP contribution in [-0.2, 0) is 6.54 Å². The summed E-state index contributed by atoms with van der Waals surface area (Å²) in [5.74, 6) is 0.955. The zero-order chi connectivity index (χ0) is 20.7. The van der Waals surface area contributed by atoms with Crippen molar-refractivity contribution in [2.75, 3.05) is 6.61 Å². The minimum atomic E-state index is -0.550. The Morgan fingerprint density at radius 2 is 1.87 bits per heavy atom. The van der Waals surface area contributed by atoms with Crippen molar-refractivity contribution in [1.82, 2.24) is 4.90 Å². The molecule has 0 fully saturated rings. The molecular weight excluding hydrogens is 382 g/mol. The predicted octanol–water partition coefficient (Wildman–Crippen LogP) is 4.53. The molecule has 0 bridgehead atoms. The fraction of sp³-hybridized carbons (Fsp3) is 0.167. The predicted molar refractivity (Wildman–Crippen MR) is 111 cm³/mol. The average molecular weight is 401 g/mol. The number of amides is 1. The second-order valence-corrected chi connectivity index (χ2v) is 7.09. The zero-order valence-corrected chi connectivity index (χ0v) is 16.3. The molecular formula is C24H19NO5. The Hall–Kier alpha value is -3.80. The summed E-state index contributed by atoms with van der Waals surface area (Å²) in [6.07, 6.45) is 1.56. The molecule has 0 radical (unpaired) electrons. The van der Waals surface area contributed by atoms with Gasteiger partial charge < -0.3 is 18.5 Å². The molecule has 3 heterocycles. The van der Waals surface area contributed by atoms with Crippen molar-refractivity contribution < 1.29 is 18.4 Å². The van der Waals surface area contributed by atoms with Gasteiger partial charge in [0.1, 0.15) is 17.1 Å². The molecule has 4 aromatic rings. The van der Waals surface area contributed by atoms with Gasteiger partial charge in [-0.2, -0.15) is 0 Å². The van der Waals surface area contributed by atoms with Crippen LogP contribution in [0.1, 0.15) is 40.4 Å². The number of rotatable bonds is 5. The lowest BCUT2D eigenvalue weighted by Crippen LogP contribution is -2.29. The lowest BCUT2D eigenvalue weighted by atomic mass is 9.98. The molecule has 6 nitrogen and oxygen atoms in total. The molecule has 150 valence electrons. The molecule has 0 saturated carbocycles. The average Bonchev–Trinajstić information content (AvgIpc) is 3.37. The van der Waals surface area contributed by atoms with Gasteiger partial charge in [0.2, 0.25) is 5.76 Å². The van der Waals surface area contributed by atoms with Gasteiger partial charge in [0.15, 0.2) is 5.43 Å². The van der Waals surface area contributed by atoms with E-state index in [0.29, 0.717) is 34.6 Å². The van der Waals surface area contributed by atoms with Crippen LogP contribution in [0.5, 0.6) is 5.75 Å². The highest BCUT2D eigenvalue weighted by atomic mass is 16.5. The van der Waals surface area contributed by atoms with Gasteiger partial charge in [0, 0.05) is 6.07 Å². The normalized spacial score (nSPS) is 15.6. The van der Waals surface area contributed by atoms with Crippen LogP contribution in [0, 0.1) is 0 Å². The first-order valence-corrected chi connectivity index (χ1v) is 9.79. The quantitative estimate of drug-likeness (QED) is 0.491. The monoisotopic (exact) mass is 401 g/mol.